The van der Waals surface area contributed by atoms with Gasteiger partial charge >= 0.3 is 0 Å². The number of hydrogen-bond donors (Lipinski definition) is 0. The van der Waals surface area contributed by atoms with Gasteiger partial charge in [-0.2, -0.15) is 0 Å². The molecule has 1 aromatic carbocycles. The standard InChI is InChI=1S/C11H15Cl/c1-3-11(12,4-2)10-8-6-5-7-9-10/h5-9H,3-4H2,1-2H3. The Kier molecular flexibility index (Phi) is 3.16. The minimum absolute atomic E-state index is 0.152. The molecule has 0 aliphatic carbocycles. The maximum Gasteiger partial charge on any atom is 0.0689 e. The molecule has 1 rings (SSSR count). The molecule has 0 spiro atoms. The summed E-state index contributed by atoms with van der Waals surface area (Å²) in [6.45, 7) is 4.26. The first-order valence-corrected chi connectivity index (χ1v) is 4.85. The van der Waals surface area contributed by atoms with Gasteiger partial charge in [0.25, 0.3) is 0 Å². The summed E-state index contributed by atoms with van der Waals surface area (Å²) in [7, 11) is 0. The maximum atomic E-state index is 6.43. The molecule has 66 valence electrons. The van der Waals surface area contributed by atoms with Crippen molar-refractivity contribution in [2.24, 2.45) is 0 Å². The van der Waals surface area contributed by atoms with Crippen LogP contribution in [0.15, 0.2) is 30.3 Å². The highest BCUT2D eigenvalue weighted by Gasteiger charge is 2.24. The van der Waals surface area contributed by atoms with Crippen molar-refractivity contribution in [3.8, 4) is 0 Å². The summed E-state index contributed by atoms with van der Waals surface area (Å²) in [6, 6.07) is 10.3. The number of benzene rings is 1. The first kappa shape index (κ1) is 9.60. The molecule has 0 nitrogen and oxygen atoms in total. The third-order valence-corrected chi connectivity index (χ3v) is 3.16. The van der Waals surface area contributed by atoms with Crippen LogP contribution in [-0.2, 0) is 4.87 Å². The summed E-state index contributed by atoms with van der Waals surface area (Å²) < 4.78 is 0. The van der Waals surface area contributed by atoms with Gasteiger partial charge in [-0.25, -0.2) is 0 Å². The SMILES string of the molecule is CCC(Cl)(CC)c1ccccc1. The van der Waals surface area contributed by atoms with Gasteiger partial charge in [0.05, 0.1) is 4.87 Å². The third kappa shape index (κ3) is 1.81. The zero-order valence-corrected chi connectivity index (χ0v) is 8.43. The average Bonchev–Trinajstić information content (AvgIpc) is 2.18. The molecule has 0 radical (unpaired) electrons. The zero-order valence-electron chi connectivity index (χ0n) is 7.68. The lowest BCUT2D eigenvalue weighted by atomic mass is 9.93. The van der Waals surface area contributed by atoms with E-state index < -0.39 is 0 Å². The molecule has 0 saturated heterocycles. The smallest absolute Gasteiger partial charge is 0.0689 e. The largest absolute Gasteiger partial charge is 0.114 e. The molecule has 0 aliphatic rings. The molecule has 1 heteroatoms. The molecule has 0 N–H and O–H groups in total. The number of halogens is 1. The van der Waals surface area contributed by atoms with Crippen LogP contribution in [0.2, 0.25) is 0 Å². The fourth-order valence-corrected chi connectivity index (χ4v) is 1.52. The summed E-state index contributed by atoms with van der Waals surface area (Å²) in [5, 5.41) is 0. The number of alkyl halides is 1. The molecule has 1 aromatic rings. The van der Waals surface area contributed by atoms with Crippen molar-refractivity contribution >= 4 is 11.6 Å². The van der Waals surface area contributed by atoms with Crippen LogP contribution in [0.3, 0.4) is 0 Å². The van der Waals surface area contributed by atoms with Crippen LogP contribution >= 0.6 is 11.6 Å². The van der Waals surface area contributed by atoms with E-state index in [4.69, 9.17) is 11.6 Å². The lowest BCUT2D eigenvalue weighted by molar-refractivity contribution is 0.566. The normalized spacial score (nSPS) is 11.6. The quantitative estimate of drug-likeness (QED) is 0.622. The molecule has 0 atom stereocenters. The Morgan fingerprint density at radius 1 is 1.08 bits per heavy atom. The Bertz CT molecular complexity index is 224. The lowest BCUT2D eigenvalue weighted by Gasteiger charge is -2.24. The van der Waals surface area contributed by atoms with Crippen LogP contribution in [0.1, 0.15) is 32.3 Å². The molecule has 0 bridgehead atoms. The average molecular weight is 183 g/mol. The van der Waals surface area contributed by atoms with E-state index in [0.29, 0.717) is 0 Å². The van der Waals surface area contributed by atoms with E-state index in [0.717, 1.165) is 12.8 Å². The van der Waals surface area contributed by atoms with E-state index in [1.54, 1.807) is 0 Å². The van der Waals surface area contributed by atoms with Gasteiger partial charge in [-0.1, -0.05) is 44.2 Å². The summed E-state index contributed by atoms with van der Waals surface area (Å²) in [5.41, 5.74) is 1.23. The van der Waals surface area contributed by atoms with E-state index in [1.807, 2.05) is 18.2 Å². The van der Waals surface area contributed by atoms with Crippen LogP contribution in [0, 0.1) is 0 Å². The van der Waals surface area contributed by atoms with Gasteiger partial charge in [0.15, 0.2) is 0 Å². The fraction of sp³-hybridized carbons (Fsp3) is 0.455. The molecule has 0 aromatic heterocycles. The van der Waals surface area contributed by atoms with E-state index in [9.17, 15) is 0 Å². The van der Waals surface area contributed by atoms with Crippen LogP contribution in [0.5, 0.6) is 0 Å². The second kappa shape index (κ2) is 3.95. The predicted molar refractivity (Wildman–Crippen MR) is 54.6 cm³/mol. The van der Waals surface area contributed by atoms with Crippen molar-refractivity contribution in [3.05, 3.63) is 35.9 Å². The number of hydrogen-bond acceptors (Lipinski definition) is 0. The molecular weight excluding hydrogens is 168 g/mol. The minimum Gasteiger partial charge on any atom is -0.114 e. The highest BCUT2D eigenvalue weighted by atomic mass is 35.5. The van der Waals surface area contributed by atoms with Crippen molar-refractivity contribution in [2.75, 3.05) is 0 Å². The van der Waals surface area contributed by atoms with Gasteiger partial charge in [0, 0.05) is 0 Å². The van der Waals surface area contributed by atoms with Gasteiger partial charge in [-0.05, 0) is 18.4 Å². The summed E-state index contributed by atoms with van der Waals surface area (Å²) in [6.07, 6.45) is 1.96. The first-order valence-electron chi connectivity index (χ1n) is 4.47. The van der Waals surface area contributed by atoms with Crippen LogP contribution in [0.4, 0.5) is 0 Å². The van der Waals surface area contributed by atoms with Gasteiger partial charge < -0.3 is 0 Å². The van der Waals surface area contributed by atoms with Gasteiger partial charge in [0.2, 0.25) is 0 Å². The minimum atomic E-state index is -0.152. The summed E-state index contributed by atoms with van der Waals surface area (Å²) in [5.74, 6) is 0. The van der Waals surface area contributed by atoms with Gasteiger partial charge in [0.1, 0.15) is 0 Å². The van der Waals surface area contributed by atoms with E-state index in [-0.39, 0.29) is 4.87 Å². The summed E-state index contributed by atoms with van der Waals surface area (Å²) in [4.78, 5) is -0.152. The van der Waals surface area contributed by atoms with E-state index >= 15 is 0 Å². The molecule has 0 unspecified atom stereocenters. The Morgan fingerprint density at radius 3 is 2.00 bits per heavy atom. The monoisotopic (exact) mass is 182 g/mol. The van der Waals surface area contributed by atoms with Gasteiger partial charge in [-0.3, -0.25) is 0 Å². The Morgan fingerprint density at radius 2 is 1.58 bits per heavy atom. The second-order valence-electron chi connectivity index (χ2n) is 3.04. The fourth-order valence-electron chi connectivity index (χ4n) is 1.40. The van der Waals surface area contributed by atoms with Crippen molar-refractivity contribution in [1.82, 2.24) is 0 Å². The molecule has 0 aliphatic heterocycles. The van der Waals surface area contributed by atoms with Crippen LogP contribution < -0.4 is 0 Å². The van der Waals surface area contributed by atoms with Crippen LogP contribution in [0.25, 0.3) is 0 Å². The highest BCUT2D eigenvalue weighted by Crippen LogP contribution is 2.35. The molecule has 0 saturated carbocycles. The lowest BCUT2D eigenvalue weighted by Crippen LogP contribution is -2.15. The molecule has 0 fully saturated rings. The maximum absolute atomic E-state index is 6.43. The van der Waals surface area contributed by atoms with E-state index in [1.165, 1.54) is 5.56 Å². The predicted octanol–water partition coefficient (Wildman–Crippen LogP) is 3.94. The van der Waals surface area contributed by atoms with Crippen molar-refractivity contribution in [3.63, 3.8) is 0 Å². The Labute approximate surface area is 79.6 Å². The van der Waals surface area contributed by atoms with Crippen molar-refractivity contribution in [1.29, 1.82) is 0 Å². The van der Waals surface area contributed by atoms with E-state index in [2.05, 4.69) is 26.0 Å². The van der Waals surface area contributed by atoms with Gasteiger partial charge in [-0.15, -0.1) is 11.6 Å². The molecule has 12 heavy (non-hydrogen) atoms. The summed E-state index contributed by atoms with van der Waals surface area (Å²) >= 11 is 6.43. The molecule has 0 heterocycles. The Balaban J connectivity index is 2.95. The van der Waals surface area contributed by atoms with Crippen LogP contribution in [-0.4, -0.2) is 0 Å². The Hall–Kier alpha value is -0.490. The molecule has 0 amide bonds. The molecular formula is C11H15Cl. The second-order valence-corrected chi connectivity index (χ2v) is 3.76. The third-order valence-electron chi connectivity index (χ3n) is 2.41. The highest BCUT2D eigenvalue weighted by molar-refractivity contribution is 6.23. The zero-order chi connectivity index (χ0) is 9.03. The van der Waals surface area contributed by atoms with Crippen molar-refractivity contribution < 1.29 is 0 Å². The topological polar surface area (TPSA) is 0 Å². The number of rotatable bonds is 3. The first-order chi connectivity index (χ1) is 5.73. The van der Waals surface area contributed by atoms with Crippen molar-refractivity contribution in [2.45, 2.75) is 31.6 Å².